The van der Waals surface area contributed by atoms with Crippen LogP contribution in [0.5, 0.6) is 0 Å². The zero-order chi connectivity index (χ0) is 11.4. The number of nitrogens with one attached hydrogen (secondary N) is 1. The van der Waals surface area contributed by atoms with Crippen molar-refractivity contribution in [2.75, 3.05) is 0 Å². The third-order valence-corrected chi connectivity index (χ3v) is 2.67. The minimum atomic E-state index is 0.0947. The fourth-order valence-corrected chi connectivity index (χ4v) is 1.56. The van der Waals surface area contributed by atoms with Gasteiger partial charge in [-0.25, -0.2) is 4.98 Å². The average Bonchev–Trinajstić information content (AvgIpc) is 2.73. The second-order valence-electron chi connectivity index (χ2n) is 3.84. The standard InChI is InChI=1S/C13H16N2O/c1-10-13(15-9-14-10)8-16-11(2)12-6-4-3-5-7-12/h3-7,9,11H,8H2,1-2H3,(H,14,15). The van der Waals surface area contributed by atoms with Gasteiger partial charge in [-0.3, -0.25) is 0 Å². The SMILES string of the molecule is Cc1[nH]cnc1COC(C)c1ccccc1. The zero-order valence-corrected chi connectivity index (χ0v) is 9.60. The number of nitrogens with zero attached hydrogens (tertiary/aromatic N) is 1. The average molecular weight is 216 g/mol. The first-order valence-electron chi connectivity index (χ1n) is 5.43. The van der Waals surface area contributed by atoms with Gasteiger partial charge in [0.25, 0.3) is 0 Å². The molecule has 0 radical (unpaired) electrons. The van der Waals surface area contributed by atoms with Crippen LogP contribution in [-0.2, 0) is 11.3 Å². The van der Waals surface area contributed by atoms with Gasteiger partial charge in [-0.1, -0.05) is 30.3 Å². The van der Waals surface area contributed by atoms with Crippen LogP contribution in [0.4, 0.5) is 0 Å². The second-order valence-corrected chi connectivity index (χ2v) is 3.84. The van der Waals surface area contributed by atoms with Crippen molar-refractivity contribution in [3.8, 4) is 0 Å². The summed E-state index contributed by atoms with van der Waals surface area (Å²) in [5.41, 5.74) is 3.23. The number of imidazole rings is 1. The fourth-order valence-electron chi connectivity index (χ4n) is 1.56. The van der Waals surface area contributed by atoms with Gasteiger partial charge in [-0.2, -0.15) is 0 Å². The topological polar surface area (TPSA) is 37.9 Å². The summed E-state index contributed by atoms with van der Waals surface area (Å²) >= 11 is 0. The fraction of sp³-hybridized carbons (Fsp3) is 0.308. The molecule has 0 fully saturated rings. The Morgan fingerprint density at radius 3 is 2.69 bits per heavy atom. The minimum absolute atomic E-state index is 0.0947. The molecule has 0 saturated carbocycles. The number of rotatable bonds is 4. The highest BCUT2D eigenvalue weighted by Crippen LogP contribution is 2.17. The largest absolute Gasteiger partial charge is 0.367 e. The molecule has 1 atom stereocenters. The molecule has 0 aliphatic heterocycles. The molecule has 1 heterocycles. The van der Waals surface area contributed by atoms with E-state index in [1.807, 2.05) is 25.1 Å². The van der Waals surface area contributed by atoms with Gasteiger partial charge in [0.1, 0.15) is 0 Å². The van der Waals surface area contributed by atoms with E-state index in [0.29, 0.717) is 6.61 Å². The smallest absolute Gasteiger partial charge is 0.0926 e. The van der Waals surface area contributed by atoms with Crippen molar-refractivity contribution in [3.63, 3.8) is 0 Å². The Morgan fingerprint density at radius 1 is 1.31 bits per heavy atom. The molecule has 3 nitrogen and oxygen atoms in total. The lowest BCUT2D eigenvalue weighted by Crippen LogP contribution is -2.01. The van der Waals surface area contributed by atoms with Gasteiger partial charge in [0.05, 0.1) is 24.7 Å². The van der Waals surface area contributed by atoms with Gasteiger partial charge in [-0.05, 0) is 19.4 Å². The molecule has 16 heavy (non-hydrogen) atoms. The molecular formula is C13H16N2O. The van der Waals surface area contributed by atoms with E-state index in [1.54, 1.807) is 6.33 Å². The zero-order valence-electron chi connectivity index (χ0n) is 9.60. The summed E-state index contributed by atoms with van der Waals surface area (Å²) in [4.78, 5) is 7.24. The van der Waals surface area contributed by atoms with E-state index in [2.05, 4.69) is 29.0 Å². The quantitative estimate of drug-likeness (QED) is 0.853. The lowest BCUT2D eigenvalue weighted by Gasteiger charge is -2.12. The van der Waals surface area contributed by atoms with Gasteiger partial charge in [0, 0.05) is 5.69 Å². The van der Waals surface area contributed by atoms with Gasteiger partial charge in [0.2, 0.25) is 0 Å². The number of benzene rings is 1. The monoisotopic (exact) mass is 216 g/mol. The molecule has 1 aromatic heterocycles. The maximum atomic E-state index is 5.77. The Balaban J connectivity index is 1.94. The molecule has 0 aliphatic rings. The summed E-state index contributed by atoms with van der Waals surface area (Å²) in [6, 6.07) is 10.2. The number of hydrogen-bond donors (Lipinski definition) is 1. The first-order chi connectivity index (χ1) is 7.77. The summed E-state index contributed by atoms with van der Waals surface area (Å²) in [6.45, 7) is 4.60. The van der Waals surface area contributed by atoms with Gasteiger partial charge >= 0.3 is 0 Å². The molecule has 1 aromatic carbocycles. The van der Waals surface area contributed by atoms with Crippen LogP contribution in [0, 0.1) is 6.92 Å². The summed E-state index contributed by atoms with van der Waals surface area (Å²) in [5, 5.41) is 0. The van der Waals surface area contributed by atoms with E-state index >= 15 is 0 Å². The Morgan fingerprint density at radius 2 is 2.06 bits per heavy atom. The van der Waals surface area contributed by atoms with E-state index in [1.165, 1.54) is 5.56 Å². The first kappa shape index (κ1) is 10.9. The van der Waals surface area contributed by atoms with Crippen LogP contribution in [0.3, 0.4) is 0 Å². The number of aromatic amines is 1. The highest BCUT2D eigenvalue weighted by molar-refractivity contribution is 5.17. The number of aryl methyl sites for hydroxylation is 1. The van der Waals surface area contributed by atoms with E-state index in [-0.39, 0.29) is 6.10 Å². The van der Waals surface area contributed by atoms with Crippen LogP contribution in [-0.4, -0.2) is 9.97 Å². The molecule has 3 heteroatoms. The molecule has 1 N–H and O–H groups in total. The second kappa shape index (κ2) is 4.94. The number of hydrogen-bond acceptors (Lipinski definition) is 2. The van der Waals surface area contributed by atoms with E-state index < -0.39 is 0 Å². The maximum Gasteiger partial charge on any atom is 0.0926 e. The molecule has 2 aromatic rings. The lowest BCUT2D eigenvalue weighted by atomic mass is 10.1. The summed E-state index contributed by atoms with van der Waals surface area (Å²) in [6.07, 6.45) is 1.79. The van der Waals surface area contributed by atoms with Crippen molar-refractivity contribution in [3.05, 3.63) is 53.6 Å². The predicted molar refractivity (Wildman–Crippen MR) is 63.0 cm³/mol. The molecule has 0 amide bonds. The van der Waals surface area contributed by atoms with Crippen LogP contribution < -0.4 is 0 Å². The molecule has 0 aliphatic carbocycles. The normalized spacial score (nSPS) is 12.6. The Kier molecular flexibility index (Phi) is 3.37. The van der Waals surface area contributed by atoms with Crippen molar-refractivity contribution in [1.82, 2.24) is 9.97 Å². The van der Waals surface area contributed by atoms with Crippen LogP contribution in [0.25, 0.3) is 0 Å². The predicted octanol–water partition coefficient (Wildman–Crippen LogP) is 3.00. The van der Waals surface area contributed by atoms with E-state index in [0.717, 1.165) is 11.4 Å². The van der Waals surface area contributed by atoms with Crippen LogP contribution in [0.15, 0.2) is 36.7 Å². The summed E-state index contributed by atoms with van der Waals surface area (Å²) in [7, 11) is 0. The van der Waals surface area contributed by atoms with Gasteiger partial charge in [-0.15, -0.1) is 0 Å². The van der Waals surface area contributed by atoms with Crippen molar-refractivity contribution < 1.29 is 4.74 Å². The molecule has 0 spiro atoms. The van der Waals surface area contributed by atoms with Crippen LogP contribution in [0.2, 0.25) is 0 Å². The highest BCUT2D eigenvalue weighted by atomic mass is 16.5. The van der Waals surface area contributed by atoms with Crippen LogP contribution >= 0.6 is 0 Å². The Labute approximate surface area is 95.5 Å². The molecule has 0 saturated heterocycles. The van der Waals surface area contributed by atoms with Crippen LogP contribution in [0.1, 0.15) is 30.0 Å². The minimum Gasteiger partial charge on any atom is -0.367 e. The lowest BCUT2D eigenvalue weighted by molar-refractivity contribution is 0.0504. The van der Waals surface area contributed by atoms with Crippen molar-refractivity contribution in [2.45, 2.75) is 26.6 Å². The van der Waals surface area contributed by atoms with Crippen molar-refractivity contribution in [1.29, 1.82) is 0 Å². The molecule has 0 bridgehead atoms. The highest BCUT2D eigenvalue weighted by Gasteiger charge is 2.07. The summed E-state index contributed by atoms with van der Waals surface area (Å²) < 4.78 is 5.77. The first-order valence-corrected chi connectivity index (χ1v) is 5.43. The number of H-pyrrole nitrogens is 1. The maximum absolute atomic E-state index is 5.77. The van der Waals surface area contributed by atoms with Crippen molar-refractivity contribution >= 4 is 0 Å². The number of aromatic nitrogens is 2. The van der Waals surface area contributed by atoms with Gasteiger partial charge < -0.3 is 9.72 Å². The molecule has 2 rings (SSSR count). The Hall–Kier alpha value is -1.61. The van der Waals surface area contributed by atoms with Gasteiger partial charge in [0.15, 0.2) is 0 Å². The molecule has 84 valence electrons. The number of ether oxygens (including phenoxy) is 1. The molecule has 1 unspecified atom stereocenters. The van der Waals surface area contributed by atoms with Crippen molar-refractivity contribution in [2.24, 2.45) is 0 Å². The summed E-state index contributed by atoms with van der Waals surface area (Å²) in [5.74, 6) is 0. The third-order valence-electron chi connectivity index (χ3n) is 2.67. The third kappa shape index (κ3) is 2.49. The Bertz CT molecular complexity index is 436. The molecular weight excluding hydrogens is 200 g/mol. The van der Waals surface area contributed by atoms with E-state index in [9.17, 15) is 0 Å². The van der Waals surface area contributed by atoms with E-state index in [4.69, 9.17) is 4.74 Å².